The minimum absolute atomic E-state index is 0.0106. The number of fused-ring (bicyclic) bond motifs is 1. The minimum atomic E-state index is -0.107. The van der Waals surface area contributed by atoms with Crippen molar-refractivity contribution in [1.29, 1.82) is 0 Å². The largest absolute Gasteiger partial charge is 0.378 e. The Bertz CT molecular complexity index is 1080. The number of hydrogen-bond donors (Lipinski definition) is 0. The van der Waals surface area contributed by atoms with E-state index in [-0.39, 0.29) is 11.5 Å². The molecule has 4 rings (SSSR count). The number of morpholine rings is 1. The Kier molecular flexibility index (Phi) is 5.45. The third-order valence-corrected chi connectivity index (χ3v) is 5.10. The molecule has 0 spiro atoms. The highest BCUT2D eigenvalue weighted by Gasteiger charge is 2.19. The van der Waals surface area contributed by atoms with E-state index in [9.17, 15) is 9.59 Å². The average Bonchev–Trinajstić information content (AvgIpc) is 2.75. The number of benzene rings is 2. The van der Waals surface area contributed by atoms with E-state index in [1.54, 1.807) is 21.6 Å². The van der Waals surface area contributed by atoms with Gasteiger partial charge in [0.2, 0.25) is 0 Å². The molecule has 0 unspecified atom stereocenters. The van der Waals surface area contributed by atoms with Crippen LogP contribution in [0.3, 0.4) is 0 Å². The first kappa shape index (κ1) is 19.3. The van der Waals surface area contributed by atoms with Crippen LogP contribution in [0.4, 0.5) is 0 Å². The van der Waals surface area contributed by atoms with Crippen molar-refractivity contribution < 1.29 is 9.53 Å². The Hall–Kier alpha value is -2.99. The number of hydrogen-bond acceptors (Lipinski definition) is 4. The van der Waals surface area contributed by atoms with Crippen molar-refractivity contribution in [3.8, 4) is 11.3 Å². The van der Waals surface area contributed by atoms with Crippen LogP contribution < -0.4 is 5.56 Å². The van der Waals surface area contributed by atoms with Crippen LogP contribution >= 0.6 is 0 Å². The van der Waals surface area contributed by atoms with Crippen LogP contribution in [0.5, 0.6) is 0 Å². The molecule has 150 valence electrons. The lowest BCUT2D eigenvalue weighted by molar-refractivity contribution is 0.0303. The molecule has 1 aliphatic rings. The van der Waals surface area contributed by atoms with E-state index in [0.29, 0.717) is 50.0 Å². The lowest BCUT2D eigenvalue weighted by Crippen LogP contribution is -2.40. The molecular formula is C23H25N3O3. The van der Waals surface area contributed by atoms with Gasteiger partial charge in [-0.25, -0.2) is 4.98 Å². The summed E-state index contributed by atoms with van der Waals surface area (Å²) < 4.78 is 7.11. The molecule has 1 fully saturated rings. The smallest absolute Gasteiger partial charge is 0.277 e. The monoisotopic (exact) mass is 391 g/mol. The highest BCUT2D eigenvalue weighted by molar-refractivity contribution is 5.94. The molecule has 0 radical (unpaired) electrons. The van der Waals surface area contributed by atoms with Crippen LogP contribution in [0.1, 0.15) is 24.2 Å². The van der Waals surface area contributed by atoms with Gasteiger partial charge in [0.1, 0.15) is 5.69 Å². The first-order chi connectivity index (χ1) is 14.0. The number of aromatic nitrogens is 2. The number of ether oxygens (including phenoxy) is 1. The summed E-state index contributed by atoms with van der Waals surface area (Å²) >= 11 is 0. The second-order valence-electron chi connectivity index (χ2n) is 7.74. The Balaban J connectivity index is 1.72. The van der Waals surface area contributed by atoms with Crippen LogP contribution in [-0.4, -0.2) is 46.7 Å². The summed E-state index contributed by atoms with van der Waals surface area (Å²) in [5.41, 5.74) is 3.26. The zero-order chi connectivity index (χ0) is 20.4. The lowest BCUT2D eigenvalue weighted by Gasteiger charge is -2.26. The topological polar surface area (TPSA) is 64.4 Å². The van der Waals surface area contributed by atoms with Gasteiger partial charge in [0.05, 0.1) is 24.2 Å². The van der Waals surface area contributed by atoms with Gasteiger partial charge in [-0.3, -0.25) is 9.59 Å². The van der Waals surface area contributed by atoms with Crippen LogP contribution in [-0.2, 0) is 11.3 Å². The molecule has 2 aromatic carbocycles. The fourth-order valence-electron chi connectivity index (χ4n) is 3.65. The van der Waals surface area contributed by atoms with Gasteiger partial charge in [-0.2, -0.15) is 0 Å². The number of carbonyl (C=O) groups is 1. The van der Waals surface area contributed by atoms with Gasteiger partial charge in [0.15, 0.2) is 0 Å². The molecule has 0 bridgehead atoms. The van der Waals surface area contributed by atoms with E-state index in [1.807, 2.05) is 36.4 Å². The molecule has 0 atom stereocenters. The summed E-state index contributed by atoms with van der Waals surface area (Å²) in [6.07, 6.45) is 0. The van der Waals surface area contributed by atoms with E-state index < -0.39 is 0 Å². The van der Waals surface area contributed by atoms with Gasteiger partial charge >= 0.3 is 0 Å². The van der Waals surface area contributed by atoms with Gasteiger partial charge in [0, 0.05) is 30.8 Å². The van der Waals surface area contributed by atoms with Crippen molar-refractivity contribution in [2.75, 3.05) is 26.3 Å². The first-order valence-electron chi connectivity index (χ1n) is 10.0. The van der Waals surface area contributed by atoms with E-state index >= 15 is 0 Å². The molecule has 1 amide bonds. The summed E-state index contributed by atoms with van der Waals surface area (Å²) in [7, 11) is 0. The van der Waals surface area contributed by atoms with Crippen molar-refractivity contribution in [2.45, 2.75) is 20.4 Å². The maximum atomic E-state index is 13.2. The number of rotatable bonds is 4. The number of carbonyl (C=O) groups excluding carboxylic acids is 1. The zero-order valence-electron chi connectivity index (χ0n) is 16.8. The fourth-order valence-corrected chi connectivity index (χ4v) is 3.65. The summed E-state index contributed by atoms with van der Waals surface area (Å²) in [6.45, 7) is 7.16. The SMILES string of the molecule is CC(C)Cn1c(=O)c(-c2ccc(C(=O)N3CCOCC3)cc2)nc2ccccc21. The van der Waals surface area contributed by atoms with Crippen LogP contribution in [0.15, 0.2) is 53.3 Å². The van der Waals surface area contributed by atoms with Crippen molar-refractivity contribution in [2.24, 2.45) is 5.92 Å². The maximum absolute atomic E-state index is 13.2. The first-order valence-corrected chi connectivity index (χ1v) is 10.0. The molecule has 6 heteroatoms. The van der Waals surface area contributed by atoms with E-state index in [4.69, 9.17) is 4.74 Å². The molecule has 0 N–H and O–H groups in total. The van der Waals surface area contributed by atoms with Gasteiger partial charge < -0.3 is 14.2 Å². The second-order valence-corrected chi connectivity index (χ2v) is 7.74. The Morgan fingerprint density at radius 1 is 1.07 bits per heavy atom. The standard InChI is InChI=1S/C23H25N3O3/c1-16(2)15-26-20-6-4-3-5-19(20)24-21(23(26)28)17-7-9-18(10-8-17)22(27)25-11-13-29-14-12-25/h3-10,16H,11-15H2,1-2H3. The second kappa shape index (κ2) is 8.17. The third-order valence-electron chi connectivity index (χ3n) is 5.10. The van der Waals surface area contributed by atoms with Gasteiger partial charge in [-0.1, -0.05) is 38.1 Å². The average molecular weight is 391 g/mol. The van der Waals surface area contributed by atoms with Crippen molar-refractivity contribution in [1.82, 2.24) is 14.5 Å². The summed E-state index contributed by atoms with van der Waals surface area (Å²) in [5, 5.41) is 0. The van der Waals surface area contributed by atoms with E-state index in [1.165, 1.54) is 0 Å². The molecular weight excluding hydrogens is 366 g/mol. The maximum Gasteiger partial charge on any atom is 0.277 e. The molecule has 29 heavy (non-hydrogen) atoms. The van der Waals surface area contributed by atoms with Gasteiger partial charge in [-0.15, -0.1) is 0 Å². The number of nitrogens with zero attached hydrogens (tertiary/aromatic N) is 3. The Labute approximate surface area is 169 Å². The molecule has 3 aromatic rings. The van der Waals surface area contributed by atoms with Crippen LogP contribution in [0, 0.1) is 5.92 Å². The normalized spacial score (nSPS) is 14.5. The molecule has 2 heterocycles. The summed E-state index contributed by atoms with van der Waals surface area (Å²) in [4.78, 5) is 32.3. The fraction of sp³-hybridized carbons (Fsp3) is 0.348. The van der Waals surface area contributed by atoms with Gasteiger partial charge in [0.25, 0.3) is 11.5 Å². The summed E-state index contributed by atoms with van der Waals surface area (Å²) in [6, 6.07) is 14.9. The molecule has 0 aliphatic carbocycles. The Morgan fingerprint density at radius 3 is 2.45 bits per heavy atom. The molecule has 1 saturated heterocycles. The minimum Gasteiger partial charge on any atom is -0.378 e. The highest BCUT2D eigenvalue weighted by Crippen LogP contribution is 2.20. The Morgan fingerprint density at radius 2 is 1.76 bits per heavy atom. The number of amides is 1. The quantitative estimate of drug-likeness (QED) is 0.685. The predicted octanol–water partition coefficient (Wildman–Crippen LogP) is 3.19. The van der Waals surface area contributed by atoms with Crippen molar-refractivity contribution in [3.63, 3.8) is 0 Å². The van der Waals surface area contributed by atoms with Crippen molar-refractivity contribution >= 4 is 16.9 Å². The molecule has 6 nitrogen and oxygen atoms in total. The lowest BCUT2D eigenvalue weighted by atomic mass is 10.1. The van der Waals surface area contributed by atoms with Crippen LogP contribution in [0.25, 0.3) is 22.3 Å². The highest BCUT2D eigenvalue weighted by atomic mass is 16.5. The molecule has 1 aliphatic heterocycles. The third kappa shape index (κ3) is 3.93. The predicted molar refractivity (Wildman–Crippen MR) is 113 cm³/mol. The molecule has 1 aromatic heterocycles. The van der Waals surface area contributed by atoms with Crippen LogP contribution in [0.2, 0.25) is 0 Å². The summed E-state index contributed by atoms with van der Waals surface area (Å²) in [5.74, 6) is 0.323. The van der Waals surface area contributed by atoms with E-state index in [0.717, 1.165) is 16.6 Å². The van der Waals surface area contributed by atoms with Gasteiger partial charge in [-0.05, 0) is 30.2 Å². The van der Waals surface area contributed by atoms with Crippen molar-refractivity contribution in [3.05, 3.63) is 64.4 Å². The van der Waals surface area contributed by atoms with E-state index in [2.05, 4.69) is 18.8 Å². The number of para-hydroxylation sites is 2. The zero-order valence-corrected chi connectivity index (χ0v) is 16.8. The molecule has 0 saturated carbocycles.